The molecule has 0 aliphatic carbocycles. The molecular formula is C22H18ClN3O3S. The topological polar surface area (TPSA) is 73.2 Å². The lowest BCUT2D eigenvalue weighted by Gasteiger charge is -2.09. The molecule has 8 heteroatoms. The first-order chi connectivity index (χ1) is 14.5. The molecule has 152 valence electrons. The van der Waals surface area contributed by atoms with E-state index in [1.165, 1.54) is 22.2 Å². The molecule has 4 rings (SSSR count). The largest absolute Gasteiger partial charge is 0.494 e. The van der Waals surface area contributed by atoms with Crippen molar-refractivity contribution >= 4 is 44.7 Å². The van der Waals surface area contributed by atoms with Crippen LogP contribution < -0.4 is 15.6 Å². The average molecular weight is 440 g/mol. The number of thiophene rings is 1. The molecule has 2 aromatic carbocycles. The van der Waals surface area contributed by atoms with Crippen LogP contribution in [0.3, 0.4) is 0 Å². The van der Waals surface area contributed by atoms with Gasteiger partial charge in [0.25, 0.3) is 5.56 Å². The van der Waals surface area contributed by atoms with Crippen molar-refractivity contribution in [3.8, 4) is 16.9 Å². The number of amides is 1. The minimum atomic E-state index is -0.314. The van der Waals surface area contributed by atoms with Crippen LogP contribution in [0.2, 0.25) is 5.02 Å². The first kappa shape index (κ1) is 20.1. The SMILES string of the molecule is CCOc1ccc(NC(=O)Cn2cnc3scc(-c4ccc(Cl)cc4)c3c2=O)cc1. The molecule has 0 unspecified atom stereocenters. The molecule has 0 saturated heterocycles. The van der Waals surface area contributed by atoms with Gasteiger partial charge >= 0.3 is 0 Å². The number of aromatic nitrogens is 2. The Morgan fingerprint density at radius 1 is 1.17 bits per heavy atom. The van der Waals surface area contributed by atoms with Gasteiger partial charge < -0.3 is 10.1 Å². The monoisotopic (exact) mass is 439 g/mol. The molecule has 2 heterocycles. The molecule has 0 bridgehead atoms. The summed E-state index contributed by atoms with van der Waals surface area (Å²) in [6.45, 7) is 2.35. The summed E-state index contributed by atoms with van der Waals surface area (Å²) in [6, 6.07) is 14.3. The fourth-order valence-corrected chi connectivity index (χ4v) is 4.11. The highest BCUT2D eigenvalue weighted by Crippen LogP contribution is 2.31. The number of hydrogen-bond donors (Lipinski definition) is 1. The highest BCUT2D eigenvalue weighted by molar-refractivity contribution is 7.17. The van der Waals surface area contributed by atoms with E-state index in [2.05, 4.69) is 10.3 Å². The molecular weight excluding hydrogens is 422 g/mol. The van der Waals surface area contributed by atoms with E-state index in [1.807, 2.05) is 24.4 Å². The molecule has 4 aromatic rings. The molecule has 1 amide bonds. The third-order valence-electron chi connectivity index (χ3n) is 4.48. The van der Waals surface area contributed by atoms with Crippen molar-refractivity contribution in [1.29, 1.82) is 0 Å². The first-order valence-corrected chi connectivity index (χ1v) is 10.6. The molecule has 0 radical (unpaired) electrons. The maximum absolute atomic E-state index is 13.1. The molecule has 2 aromatic heterocycles. The van der Waals surface area contributed by atoms with Gasteiger partial charge in [0.15, 0.2) is 0 Å². The first-order valence-electron chi connectivity index (χ1n) is 9.30. The summed E-state index contributed by atoms with van der Waals surface area (Å²) in [5.74, 6) is 0.416. The quantitative estimate of drug-likeness (QED) is 0.467. The number of fused-ring (bicyclic) bond motifs is 1. The summed E-state index contributed by atoms with van der Waals surface area (Å²) in [4.78, 5) is 30.5. The number of carbonyl (C=O) groups excluding carboxylic acids is 1. The Morgan fingerprint density at radius 3 is 2.60 bits per heavy atom. The highest BCUT2D eigenvalue weighted by atomic mass is 35.5. The molecule has 0 saturated carbocycles. The van der Waals surface area contributed by atoms with Crippen molar-refractivity contribution in [2.45, 2.75) is 13.5 Å². The third-order valence-corrected chi connectivity index (χ3v) is 5.62. The second-order valence-corrected chi connectivity index (χ2v) is 7.81. The number of ether oxygens (including phenoxy) is 1. The Hall–Kier alpha value is -3.16. The van der Waals surface area contributed by atoms with E-state index in [9.17, 15) is 9.59 Å². The minimum absolute atomic E-state index is 0.134. The lowest BCUT2D eigenvalue weighted by Crippen LogP contribution is -2.27. The predicted octanol–water partition coefficient (Wildman–Crippen LogP) is 4.82. The number of nitrogens with one attached hydrogen (secondary N) is 1. The molecule has 1 N–H and O–H groups in total. The van der Waals surface area contributed by atoms with Crippen LogP contribution in [-0.4, -0.2) is 22.1 Å². The second-order valence-electron chi connectivity index (χ2n) is 6.52. The van der Waals surface area contributed by atoms with Crippen LogP contribution in [0.4, 0.5) is 5.69 Å². The number of hydrogen-bond acceptors (Lipinski definition) is 5. The maximum Gasteiger partial charge on any atom is 0.263 e. The van der Waals surface area contributed by atoms with Crippen LogP contribution in [0.1, 0.15) is 6.92 Å². The lowest BCUT2D eigenvalue weighted by molar-refractivity contribution is -0.116. The van der Waals surface area contributed by atoms with Crippen molar-refractivity contribution in [3.63, 3.8) is 0 Å². The summed E-state index contributed by atoms with van der Waals surface area (Å²) in [7, 11) is 0. The van der Waals surface area contributed by atoms with E-state index in [1.54, 1.807) is 36.4 Å². The van der Waals surface area contributed by atoms with Crippen molar-refractivity contribution in [2.75, 3.05) is 11.9 Å². The van der Waals surface area contributed by atoms with Gasteiger partial charge in [-0.15, -0.1) is 11.3 Å². The number of rotatable bonds is 6. The highest BCUT2D eigenvalue weighted by Gasteiger charge is 2.15. The third kappa shape index (κ3) is 4.22. The van der Waals surface area contributed by atoms with E-state index in [4.69, 9.17) is 16.3 Å². The summed E-state index contributed by atoms with van der Waals surface area (Å²) in [5.41, 5.74) is 2.03. The van der Waals surface area contributed by atoms with Gasteiger partial charge in [0.1, 0.15) is 17.1 Å². The van der Waals surface area contributed by atoms with E-state index in [-0.39, 0.29) is 18.0 Å². The Kier molecular flexibility index (Phi) is 5.83. The summed E-state index contributed by atoms with van der Waals surface area (Å²) in [6.07, 6.45) is 1.41. The van der Waals surface area contributed by atoms with Gasteiger partial charge in [-0.2, -0.15) is 0 Å². The Labute approximate surface area is 181 Å². The standard InChI is InChI=1S/C22H18ClN3O3S/c1-2-29-17-9-7-16(8-10-17)25-19(27)11-26-13-24-21-20(22(26)28)18(12-30-21)14-3-5-15(23)6-4-14/h3-10,12-13H,2,11H2,1H3,(H,25,27). The van der Waals surface area contributed by atoms with Crippen LogP contribution >= 0.6 is 22.9 Å². The van der Waals surface area contributed by atoms with Crippen molar-refractivity contribution < 1.29 is 9.53 Å². The Balaban J connectivity index is 1.57. The Morgan fingerprint density at radius 2 is 1.90 bits per heavy atom. The van der Waals surface area contributed by atoms with Gasteiger partial charge in [-0.25, -0.2) is 4.98 Å². The molecule has 30 heavy (non-hydrogen) atoms. The number of nitrogens with zero attached hydrogens (tertiary/aromatic N) is 2. The van der Waals surface area contributed by atoms with E-state index in [0.29, 0.717) is 27.5 Å². The number of halogens is 1. The number of benzene rings is 2. The van der Waals surface area contributed by atoms with Gasteiger partial charge in [0.05, 0.1) is 18.3 Å². The number of carbonyl (C=O) groups is 1. The summed E-state index contributed by atoms with van der Waals surface area (Å²) in [5, 5.41) is 5.81. The summed E-state index contributed by atoms with van der Waals surface area (Å²) >= 11 is 7.36. The molecule has 0 aliphatic rings. The molecule has 0 aliphatic heterocycles. The van der Waals surface area contributed by atoms with Gasteiger partial charge in [-0.1, -0.05) is 23.7 Å². The number of anilines is 1. The van der Waals surface area contributed by atoms with Crippen molar-refractivity contribution in [1.82, 2.24) is 9.55 Å². The van der Waals surface area contributed by atoms with Crippen molar-refractivity contribution in [3.05, 3.63) is 75.6 Å². The normalized spacial score (nSPS) is 10.9. The molecule has 6 nitrogen and oxygen atoms in total. The van der Waals surface area contributed by atoms with E-state index >= 15 is 0 Å². The van der Waals surface area contributed by atoms with Crippen LogP contribution in [0, 0.1) is 0 Å². The average Bonchev–Trinajstić information content (AvgIpc) is 3.17. The zero-order valence-corrected chi connectivity index (χ0v) is 17.7. The lowest BCUT2D eigenvalue weighted by atomic mass is 10.1. The van der Waals surface area contributed by atoms with Crippen LogP contribution in [0.25, 0.3) is 21.3 Å². The predicted molar refractivity (Wildman–Crippen MR) is 121 cm³/mol. The summed E-state index contributed by atoms with van der Waals surface area (Å²) < 4.78 is 6.71. The van der Waals surface area contributed by atoms with Gasteiger partial charge in [0.2, 0.25) is 5.91 Å². The van der Waals surface area contributed by atoms with Crippen LogP contribution in [-0.2, 0) is 11.3 Å². The van der Waals surface area contributed by atoms with Crippen LogP contribution in [0.15, 0.2) is 65.0 Å². The second kappa shape index (κ2) is 8.69. The minimum Gasteiger partial charge on any atom is -0.494 e. The van der Waals surface area contributed by atoms with Gasteiger partial charge in [-0.05, 0) is 48.9 Å². The molecule has 0 atom stereocenters. The Bertz CT molecular complexity index is 1250. The van der Waals surface area contributed by atoms with Crippen molar-refractivity contribution in [2.24, 2.45) is 0 Å². The zero-order valence-electron chi connectivity index (χ0n) is 16.1. The fraction of sp³-hybridized carbons (Fsp3) is 0.136. The van der Waals surface area contributed by atoms with E-state index < -0.39 is 0 Å². The fourth-order valence-electron chi connectivity index (χ4n) is 3.08. The zero-order chi connectivity index (χ0) is 21.1. The smallest absolute Gasteiger partial charge is 0.263 e. The molecule has 0 spiro atoms. The maximum atomic E-state index is 13.1. The molecule has 0 fully saturated rings. The van der Waals surface area contributed by atoms with Gasteiger partial charge in [-0.3, -0.25) is 14.2 Å². The van der Waals surface area contributed by atoms with Crippen LogP contribution in [0.5, 0.6) is 5.75 Å². The van der Waals surface area contributed by atoms with Gasteiger partial charge in [0, 0.05) is 21.7 Å². The van der Waals surface area contributed by atoms with E-state index in [0.717, 1.165) is 16.9 Å².